The Bertz CT molecular complexity index is 186. The van der Waals surface area contributed by atoms with Crippen LogP contribution in [0.25, 0.3) is 0 Å². The molecule has 0 radical (unpaired) electrons. The van der Waals surface area contributed by atoms with Gasteiger partial charge in [-0.25, -0.2) is 0 Å². The number of likely N-dealkylation sites (N-methyl/N-ethyl adjacent to an activating group) is 2. The van der Waals surface area contributed by atoms with E-state index < -0.39 is 12.0 Å². The molecule has 1 rings (SSSR count). The van der Waals surface area contributed by atoms with Crippen LogP contribution in [0.5, 0.6) is 0 Å². The second-order valence-corrected chi connectivity index (χ2v) is 3.84. The quantitative estimate of drug-likeness (QED) is 0.651. The predicted octanol–water partition coefficient (Wildman–Crippen LogP) is -0.000800. The summed E-state index contributed by atoms with van der Waals surface area (Å²) in [5.74, 6) is -0.299. The van der Waals surface area contributed by atoms with Gasteiger partial charge in [-0.3, -0.25) is 4.79 Å². The third-order valence-electron chi connectivity index (χ3n) is 2.95. The standard InChI is InChI=1S/C9H18N2O2/c1-6-4-5-11(3)8(6)7(10-2)9(12)13/h6-8,10H,4-5H2,1-3H3,(H,12,13)/t6-,7+,8+/m1/s1. The first-order chi connectivity index (χ1) is 6.07. The molecule has 0 bridgehead atoms. The van der Waals surface area contributed by atoms with Crippen molar-refractivity contribution in [1.82, 2.24) is 10.2 Å². The van der Waals surface area contributed by atoms with Crippen LogP contribution in [-0.2, 0) is 4.79 Å². The monoisotopic (exact) mass is 186 g/mol. The third kappa shape index (κ3) is 2.00. The zero-order valence-corrected chi connectivity index (χ0v) is 8.45. The van der Waals surface area contributed by atoms with Crippen LogP contribution in [0.15, 0.2) is 0 Å². The fourth-order valence-corrected chi connectivity index (χ4v) is 2.18. The first-order valence-corrected chi connectivity index (χ1v) is 4.68. The van der Waals surface area contributed by atoms with Crippen LogP contribution in [0.4, 0.5) is 0 Å². The number of rotatable bonds is 3. The SMILES string of the molecule is CN[C@H](C(=O)O)[C@@H]1[C@H](C)CCN1C. The second kappa shape index (κ2) is 4.07. The molecule has 0 aliphatic carbocycles. The van der Waals surface area contributed by atoms with Crippen molar-refractivity contribution in [3.63, 3.8) is 0 Å². The Morgan fingerprint density at radius 2 is 2.31 bits per heavy atom. The number of nitrogens with one attached hydrogen (secondary N) is 1. The highest BCUT2D eigenvalue weighted by atomic mass is 16.4. The molecule has 2 N–H and O–H groups in total. The molecule has 3 atom stereocenters. The molecule has 0 aromatic heterocycles. The Morgan fingerprint density at radius 3 is 2.62 bits per heavy atom. The van der Waals surface area contributed by atoms with Gasteiger partial charge in [-0.05, 0) is 33.0 Å². The zero-order valence-electron chi connectivity index (χ0n) is 8.45. The van der Waals surface area contributed by atoms with Gasteiger partial charge in [0.05, 0.1) is 0 Å². The normalized spacial score (nSPS) is 31.9. The van der Waals surface area contributed by atoms with Crippen LogP contribution < -0.4 is 5.32 Å². The molecule has 1 fully saturated rings. The molecule has 1 aliphatic heterocycles. The van der Waals surface area contributed by atoms with Gasteiger partial charge >= 0.3 is 5.97 Å². The molecule has 0 aromatic rings. The van der Waals surface area contributed by atoms with Gasteiger partial charge in [-0.1, -0.05) is 6.92 Å². The number of hydrogen-bond acceptors (Lipinski definition) is 3. The van der Waals surface area contributed by atoms with E-state index in [2.05, 4.69) is 17.1 Å². The molecule has 4 heteroatoms. The van der Waals surface area contributed by atoms with Gasteiger partial charge in [-0.2, -0.15) is 0 Å². The summed E-state index contributed by atoms with van der Waals surface area (Å²) in [6.45, 7) is 3.11. The highest BCUT2D eigenvalue weighted by Gasteiger charge is 2.37. The number of hydrogen-bond donors (Lipinski definition) is 2. The molecule has 1 saturated heterocycles. The summed E-state index contributed by atoms with van der Waals surface area (Å²) in [4.78, 5) is 13.0. The minimum absolute atomic E-state index is 0.127. The summed E-state index contributed by atoms with van der Waals surface area (Å²) in [7, 11) is 3.69. The van der Waals surface area contributed by atoms with Crippen molar-refractivity contribution in [2.45, 2.75) is 25.4 Å². The minimum Gasteiger partial charge on any atom is -0.480 e. The van der Waals surface area contributed by atoms with Crippen LogP contribution in [-0.4, -0.2) is 48.7 Å². The van der Waals surface area contributed by atoms with Crippen molar-refractivity contribution >= 4 is 5.97 Å². The van der Waals surface area contributed by atoms with Gasteiger partial charge in [0, 0.05) is 6.04 Å². The maximum atomic E-state index is 10.9. The van der Waals surface area contributed by atoms with Crippen LogP contribution in [0.1, 0.15) is 13.3 Å². The second-order valence-electron chi connectivity index (χ2n) is 3.84. The van der Waals surface area contributed by atoms with E-state index in [-0.39, 0.29) is 6.04 Å². The first-order valence-electron chi connectivity index (χ1n) is 4.68. The highest BCUT2D eigenvalue weighted by Crippen LogP contribution is 2.24. The number of carbonyl (C=O) groups is 1. The zero-order chi connectivity index (χ0) is 10.0. The van der Waals surface area contributed by atoms with Crippen LogP contribution in [0.2, 0.25) is 0 Å². The molecule has 0 spiro atoms. The lowest BCUT2D eigenvalue weighted by molar-refractivity contribution is -0.141. The summed E-state index contributed by atoms with van der Waals surface area (Å²) in [5, 5.41) is 11.8. The lowest BCUT2D eigenvalue weighted by Crippen LogP contribution is -2.51. The molecule has 0 saturated carbocycles. The molecule has 1 heterocycles. The maximum Gasteiger partial charge on any atom is 0.322 e. The maximum absolute atomic E-state index is 10.9. The Morgan fingerprint density at radius 1 is 1.69 bits per heavy atom. The Kier molecular flexibility index (Phi) is 3.27. The lowest BCUT2D eigenvalue weighted by Gasteiger charge is -2.28. The van der Waals surface area contributed by atoms with Gasteiger partial charge < -0.3 is 15.3 Å². The summed E-state index contributed by atoms with van der Waals surface area (Å²) in [6, 6.07) is -0.315. The van der Waals surface area contributed by atoms with Crippen molar-refractivity contribution in [2.75, 3.05) is 20.6 Å². The molecule has 4 nitrogen and oxygen atoms in total. The summed E-state index contributed by atoms with van der Waals surface area (Å²) < 4.78 is 0. The highest BCUT2D eigenvalue weighted by molar-refractivity contribution is 5.74. The van der Waals surface area contributed by atoms with Crippen LogP contribution >= 0.6 is 0 Å². The summed E-state index contributed by atoms with van der Waals surface area (Å²) in [6.07, 6.45) is 1.09. The van der Waals surface area contributed by atoms with Gasteiger partial charge in [0.15, 0.2) is 0 Å². The number of carboxylic acids is 1. The summed E-state index contributed by atoms with van der Waals surface area (Å²) >= 11 is 0. The average Bonchev–Trinajstić information content (AvgIpc) is 2.36. The molecular weight excluding hydrogens is 168 g/mol. The predicted molar refractivity (Wildman–Crippen MR) is 50.7 cm³/mol. The Labute approximate surface area is 78.9 Å². The Hall–Kier alpha value is -0.610. The molecule has 1 aliphatic rings. The van der Waals surface area contributed by atoms with E-state index in [4.69, 9.17) is 5.11 Å². The number of nitrogens with zero attached hydrogens (tertiary/aromatic N) is 1. The summed E-state index contributed by atoms with van der Waals surface area (Å²) in [5.41, 5.74) is 0. The third-order valence-corrected chi connectivity index (χ3v) is 2.95. The van der Waals surface area contributed by atoms with E-state index >= 15 is 0 Å². The van der Waals surface area contributed by atoms with Crippen LogP contribution in [0.3, 0.4) is 0 Å². The first kappa shape index (κ1) is 10.5. The largest absolute Gasteiger partial charge is 0.480 e. The van der Waals surface area contributed by atoms with Gasteiger partial charge in [0.25, 0.3) is 0 Å². The van der Waals surface area contributed by atoms with Crippen molar-refractivity contribution in [2.24, 2.45) is 5.92 Å². The van der Waals surface area contributed by atoms with E-state index in [0.29, 0.717) is 5.92 Å². The lowest BCUT2D eigenvalue weighted by atomic mass is 9.96. The van der Waals surface area contributed by atoms with Gasteiger partial charge in [0.1, 0.15) is 6.04 Å². The van der Waals surface area contributed by atoms with E-state index in [9.17, 15) is 4.79 Å². The van der Waals surface area contributed by atoms with E-state index in [0.717, 1.165) is 13.0 Å². The number of carboxylic acid groups (broad SMARTS) is 1. The van der Waals surface area contributed by atoms with Gasteiger partial charge in [0.2, 0.25) is 0 Å². The van der Waals surface area contributed by atoms with Crippen molar-refractivity contribution in [3.8, 4) is 0 Å². The molecule has 0 amide bonds. The fourth-order valence-electron chi connectivity index (χ4n) is 2.18. The topological polar surface area (TPSA) is 52.6 Å². The number of likely N-dealkylation sites (tertiary alicyclic amines) is 1. The Balaban J connectivity index is 2.71. The van der Waals surface area contributed by atoms with Crippen molar-refractivity contribution < 1.29 is 9.90 Å². The molecular formula is C9H18N2O2. The van der Waals surface area contributed by atoms with E-state index in [1.807, 2.05) is 7.05 Å². The molecule has 76 valence electrons. The minimum atomic E-state index is -0.756. The average molecular weight is 186 g/mol. The smallest absolute Gasteiger partial charge is 0.322 e. The molecule has 13 heavy (non-hydrogen) atoms. The molecule has 0 unspecified atom stereocenters. The van der Waals surface area contributed by atoms with Crippen molar-refractivity contribution in [1.29, 1.82) is 0 Å². The van der Waals surface area contributed by atoms with Gasteiger partial charge in [-0.15, -0.1) is 0 Å². The number of aliphatic carboxylic acids is 1. The van der Waals surface area contributed by atoms with E-state index in [1.54, 1.807) is 7.05 Å². The van der Waals surface area contributed by atoms with E-state index in [1.165, 1.54) is 0 Å². The van der Waals surface area contributed by atoms with Crippen molar-refractivity contribution in [3.05, 3.63) is 0 Å². The van der Waals surface area contributed by atoms with Crippen LogP contribution in [0, 0.1) is 5.92 Å². The fraction of sp³-hybridized carbons (Fsp3) is 0.889. The molecule has 0 aromatic carbocycles.